The molecule has 1 heterocycles. The van der Waals surface area contributed by atoms with Gasteiger partial charge in [0.05, 0.1) is 0 Å². The van der Waals surface area contributed by atoms with Crippen molar-refractivity contribution in [2.75, 3.05) is 13.1 Å². The Kier molecular flexibility index (Phi) is 5.69. The molecule has 21 heavy (non-hydrogen) atoms. The zero-order chi connectivity index (χ0) is 16.2. The van der Waals surface area contributed by atoms with Crippen LogP contribution in [0.5, 0.6) is 0 Å². The maximum Gasteiger partial charge on any atom is 0.321 e. The Bertz CT molecular complexity index is 449. The van der Waals surface area contributed by atoms with Crippen LogP contribution in [0.25, 0.3) is 0 Å². The topological polar surface area (TPSA) is 107 Å². The number of carbonyl (C=O) groups excluding carboxylic acids is 3. The fraction of sp³-hybridized carbons (Fsp3) is 0.692. The molecule has 0 aromatic carbocycles. The SMILES string of the molecule is CC(C)N(CCCC(=O)O)C(=O)N1CC(=O)NC(=O)C1C. The maximum absolute atomic E-state index is 12.5. The first-order chi connectivity index (χ1) is 9.73. The molecule has 1 aliphatic rings. The van der Waals surface area contributed by atoms with Crippen LogP contribution in [0.15, 0.2) is 0 Å². The van der Waals surface area contributed by atoms with Gasteiger partial charge in [-0.15, -0.1) is 0 Å². The molecule has 0 spiro atoms. The molecule has 1 fully saturated rings. The van der Waals surface area contributed by atoms with E-state index in [4.69, 9.17) is 5.11 Å². The Balaban J connectivity index is 2.77. The lowest BCUT2D eigenvalue weighted by Gasteiger charge is -2.37. The summed E-state index contributed by atoms with van der Waals surface area (Å²) in [6, 6.07) is -1.31. The minimum Gasteiger partial charge on any atom is -0.481 e. The molecule has 1 unspecified atom stereocenters. The van der Waals surface area contributed by atoms with Crippen molar-refractivity contribution in [3.63, 3.8) is 0 Å². The summed E-state index contributed by atoms with van der Waals surface area (Å²) >= 11 is 0. The highest BCUT2D eigenvalue weighted by atomic mass is 16.4. The molecule has 0 aromatic rings. The van der Waals surface area contributed by atoms with Gasteiger partial charge in [-0.05, 0) is 27.2 Å². The van der Waals surface area contributed by atoms with E-state index in [1.54, 1.807) is 20.8 Å². The lowest BCUT2D eigenvalue weighted by atomic mass is 10.2. The number of amides is 4. The first-order valence-electron chi connectivity index (χ1n) is 6.86. The second-order valence-corrected chi connectivity index (χ2v) is 5.28. The highest BCUT2D eigenvalue weighted by Crippen LogP contribution is 2.12. The van der Waals surface area contributed by atoms with E-state index >= 15 is 0 Å². The first kappa shape index (κ1) is 16.9. The van der Waals surface area contributed by atoms with Crippen molar-refractivity contribution in [1.29, 1.82) is 0 Å². The zero-order valence-electron chi connectivity index (χ0n) is 12.5. The Hall–Kier alpha value is -2.12. The van der Waals surface area contributed by atoms with Crippen LogP contribution in [0.1, 0.15) is 33.6 Å². The predicted octanol–water partition coefficient (Wildman–Crippen LogP) is 0.0285. The van der Waals surface area contributed by atoms with Gasteiger partial charge < -0.3 is 14.9 Å². The van der Waals surface area contributed by atoms with Crippen LogP contribution in [0, 0.1) is 0 Å². The molecule has 0 aliphatic carbocycles. The predicted molar refractivity (Wildman–Crippen MR) is 73.4 cm³/mol. The van der Waals surface area contributed by atoms with Crippen molar-refractivity contribution in [2.45, 2.75) is 45.7 Å². The fourth-order valence-corrected chi connectivity index (χ4v) is 2.09. The zero-order valence-corrected chi connectivity index (χ0v) is 12.5. The summed E-state index contributed by atoms with van der Waals surface area (Å²) in [4.78, 5) is 48.7. The number of rotatable bonds is 5. The van der Waals surface area contributed by atoms with Crippen LogP contribution in [0.2, 0.25) is 0 Å². The highest BCUT2D eigenvalue weighted by molar-refractivity contribution is 6.03. The quantitative estimate of drug-likeness (QED) is 0.696. The molecule has 1 rings (SSSR count). The van der Waals surface area contributed by atoms with E-state index < -0.39 is 29.9 Å². The Morgan fingerprint density at radius 3 is 2.57 bits per heavy atom. The van der Waals surface area contributed by atoms with Gasteiger partial charge in [-0.3, -0.25) is 19.7 Å². The van der Waals surface area contributed by atoms with E-state index in [0.717, 1.165) is 0 Å². The summed E-state index contributed by atoms with van der Waals surface area (Å²) < 4.78 is 0. The summed E-state index contributed by atoms with van der Waals surface area (Å²) in [7, 11) is 0. The average molecular weight is 299 g/mol. The third kappa shape index (κ3) is 4.44. The minimum atomic E-state index is -0.924. The van der Waals surface area contributed by atoms with Crippen molar-refractivity contribution < 1.29 is 24.3 Å². The van der Waals surface area contributed by atoms with Gasteiger partial charge >= 0.3 is 12.0 Å². The van der Waals surface area contributed by atoms with E-state index in [1.807, 2.05) is 0 Å². The molecule has 0 aromatic heterocycles. The smallest absolute Gasteiger partial charge is 0.321 e. The van der Waals surface area contributed by atoms with Gasteiger partial charge in [0.1, 0.15) is 12.6 Å². The van der Waals surface area contributed by atoms with E-state index in [-0.39, 0.29) is 25.6 Å². The van der Waals surface area contributed by atoms with Gasteiger partial charge in [0.25, 0.3) is 0 Å². The van der Waals surface area contributed by atoms with Crippen molar-refractivity contribution in [3.05, 3.63) is 0 Å². The van der Waals surface area contributed by atoms with Crippen LogP contribution in [-0.4, -0.2) is 63.9 Å². The minimum absolute atomic E-state index is 0.0362. The van der Waals surface area contributed by atoms with E-state index in [9.17, 15) is 19.2 Å². The molecule has 118 valence electrons. The van der Waals surface area contributed by atoms with Gasteiger partial charge in [0, 0.05) is 19.0 Å². The number of carbonyl (C=O) groups is 4. The largest absolute Gasteiger partial charge is 0.481 e. The lowest BCUT2D eigenvalue weighted by Crippen LogP contribution is -2.61. The second kappa shape index (κ2) is 7.05. The van der Waals surface area contributed by atoms with Gasteiger partial charge in [-0.2, -0.15) is 0 Å². The highest BCUT2D eigenvalue weighted by Gasteiger charge is 2.36. The molecule has 8 heteroatoms. The van der Waals surface area contributed by atoms with Crippen molar-refractivity contribution >= 4 is 23.8 Å². The summed E-state index contributed by atoms with van der Waals surface area (Å²) in [6.07, 6.45) is 0.285. The number of aliphatic carboxylic acids is 1. The molecule has 4 amide bonds. The number of hydrogen-bond donors (Lipinski definition) is 2. The first-order valence-corrected chi connectivity index (χ1v) is 6.86. The second-order valence-electron chi connectivity index (χ2n) is 5.28. The number of piperazine rings is 1. The number of carboxylic acids is 1. The Labute approximate surface area is 123 Å². The van der Waals surface area contributed by atoms with E-state index in [0.29, 0.717) is 6.42 Å². The molecule has 2 N–H and O–H groups in total. The molecule has 0 bridgehead atoms. The summed E-state index contributed by atoms with van der Waals surface area (Å²) in [6.45, 7) is 5.25. The standard InChI is InChI=1S/C13H21N3O5/c1-8(2)15(6-4-5-11(18)19)13(21)16-7-10(17)14-12(20)9(16)3/h8-9H,4-7H2,1-3H3,(H,18,19)(H,14,17,20). The number of urea groups is 1. The molecular formula is C13H21N3O5. The molecule has 1 aliphatic heterocycles. The van der Waals surface area contributed by atoms with Crippen LogP contribution < -0.4 is 5.32 Å². The molecular weight excluding hydrogens is 278 g/mol. The van der Waals surface area contributed by atoms with Gasteiger partial charge in [-0.25, -0.2) is 4.79 Å². The number of nitrogens with zero attached hydrogens (tertiary/aromatic N) is 2. The van der Waals surface area contributed by atoms with Gasteiger partial charge in [-0.1, -0.05) is 0 Å². The summed E-state index contributed by atoms with van der Waals surface area (Å²) in [5, 5.41) is 10.8. The monoisotopic (exact) mass is 299 g/mol. The molecule has 0 saturated carbocycles. The molecule has 0 radical (unpaired) electrons. The summed E-state index contributed by atoms with van der Waals surface area (Å²) in [5.74, 6) is -1.94. The average Bonchev–Trinajstić information content (AvgIpc) is 2.37. The number of nitrogens with one attached hydrogen (secondary N) is 1. The summed E-state index contributed by atoms with van der Waals surface area (Å²) in [5.41, 5.74) is 0. The van der Waals surface area contributed by atoms with Crippen molar-refractivity contribution in [3.8, 4) is 0 Å². The molecule has 1 saturated heterocycles. The number of carboxylic acid groups (broad SMARTS) is 1. The lowest BCUT2D eigenvalue weighted by molar-refractivity contribution is -0.138. The van der Waals surface area contributed by atoms with Crippen LogP contribution in [0.4, 0.5) is 4.79 Å². The van der Waals surface area contributed by atoms with Crippen LogP contribution >= 0.6 is 0 Å². The third-order valence-corrected chi connectivity index (χ3v) is 3.33. The Morgan fingerprint density at radius 2 is 2.05 bits per heavy atom. The van der Waals surface area contributed by atoms with E-state index in [1.165, 1.54) is 9.80 Å². The van der Waals surface area contributed by atoms with E-state index in [2.05, 4.69) is 5.32 Å². The molecule has 8 nitrogen and oxygen atoms in total. The van der Waals surface area contributed by atoms with Crippen molar-refractivity contribution in [1.82, 2.24) is 15.1 Å². The fourth-order valence-electron chi connectivity index (χ4n) is 2.09. The van der Waals surface area contributed by atoms with Crippen LogP contribution in [-0.2, 0) is 14.4 Å². The maximum atomic E-state index is 12.5. The van der Waals surface area contributed by atoms with Crippen LogP contribution in [0.3, 0.4) is 0 Å². The third-order valence-electron chi connectivity index (χ3n) is 3.33. The normalized spacial score (nSPS) is 18.7. The number of imide groups is 1. The van der Waals surface area contributed by atoms with Gasteiger partial charge in [0.15, 0.2) is 0 Å². The van der Waals surface area contributed by atoms with Gasteiger partial charge in [0.2, 0.25) is 11.8 Å². The van der Waals surface area contributed by atoms with Crippen molar-refractivity contribution in [2.24, 2.45) is 0 Å². The Morgan fingerprint density at radius 1 is 1.43 bits per heavy atom. The molecule has 1 atom stereocenters. The number of hydrogen-bond acceptors (Lipinski definition) is 4.